The van der Waals surface area contributed by atoms with Crippen molar-refractivity contribution in [3.63, 3.8) is 0 Å². The number of hydrogen-bond donors (Lipinski definition) is 1. The molecule has 78 valence electrons. The summed E-state index contributed by atoms with van der Waals surface area (Å²) in [4.78, 5) is 1.16. The van der Waals surface area contributed by atoms with Crippen LogP contribution < -0.4 is 5.73 Å². The Bertz CT molecular complexity index is 299. The van der Waals surface area contributed by atoms with Crippen molar-refractivity contribution in [1.82, 2.24) is 0 Å². The van der Waals surface area contributed by atoms with Crippen molar-refractivity contribution < 1.29 is 9.47 Å². The molecule has 2 N–H and O–H groups in total. The summed E-state index contributed by atoms with van der Waals surface area (Å²) < 4.78 is 11.8. The molecule has 0 spiro atoms. The second-order valence-corrected chi connectivity index (χ2v) is 4.95. The molecule has 0 saturated carbocycles. The number of rotatable bonds is 3. The number of thiophene rings is 1. The van der Waals surface area contributed by atoms with E-state index < -0.39 is 0 Å². The van der Waals surface area contributed by atoms with Gasteiger partial charge in [-0.1, -0.05) is 0 Å². The third-order valence-corrected chi connectivity index (χ3v) is 4.12. The second-order valence-electron chi connectivity index (χ2n) is 3.15. The van der Waals surface area contributed by atoms with Crippen LogP contribution in [0.3, 0.4) is 0 Å². The topological polar surface area (TPSA) is 44.5 Å². The van der Waals surface area contributed by atoms with E-state index in [1.54, 1.807) is 11.3 Å². The fourth-order valence-electron chi connectivity index (χ4n) is 1.43. The lowest BCUT2D eigenvalue weighted by Crippen LogP contribution is -2.18. The molecule has 1 aromatic heterocycles. The monoisotopic (exact) mass is 277 g/mol. The summed E-state index contributed by atoms with van der Waals surface area (Å²) in [7, 11) is 0. The lowest BCUT2D eigenvalue weighted by molar-refractivity contribution is -0.0506. The Morgan fingerprint density at radius 1 is 1.57 bits per heavy atom. The van der Waals surface area contributed by atoms with E-state index in [0.717, 1.165) is 15.8 Å². The molecule has 1 fully saturated rings. The van der Waals surface area contributed by atoms with Gasteiger partial charge >= 0.3 is 0 Å². The van der Waals surface area contributed by atoms with Gasteiger partial charge in [-0.2, -0.15) is 0 Å². The lowest BCUT2D eigenvalue weighted by Gasteiger charge is -2.14. The molecule has 2 heterocycles. The van der Waals surface area contributed by atoms with E-state index in [4.69, 9.17) is 15.2 Å². The molecule has 5 heteroatoms. The van der Waals surface area contributed by atoms with Gasteiger partial charge in [0, 0.05) is 21.8 Å². The van der Waals surface area contributed by atoms with Crippen molar-refractivity contribution in [1.29, 1.82) is 0 Å². The van der Waals surface area contributed by atoms with E-state index in [-0.39, 0.29) is 12.3 Å². The van der Waals surface area contributed by atoms with E-state index in [2.05, 4.69) is 15.9 Å². The Kier molecular flexibility index (Phi) is 3.57. The number of nitrogens with two attached hydrogens (primary N) is 1. The van der Waals surface area contributed by atoms with Gasteiger partial charge in [0.15, 0.2) is 6.29 Å². The molecule has 1 aromatic rings. The first-order valence-electron chi connectivity index (χ1n) is 4.49. The Hall–Kier alpha value is 0.0600. The van der Waals surface area contributed by atoms with Crippen molar-refractivity contribution in [3.8, 4) is 0 Å². The maximum absolute atomic E-state index is 6.04. The molecule has 0 radical (unpaired) electrons. The molecular weight excluding hydrogens is 266 g/mol. The summed E-state index contributed by atoms with van der Waals surface area (Å²) in [6, 6.07) is 2.00. The third-order valence-electron chi connectivity index (χ3n) is 2.12. The maximum atomic E-state index is 6.04. The summed E-state index contributed by atoms with van der Waals surface area (Å²) in [5.74, 6) is 0. The highest BCUT2D eigenvalue weighted by Crippen LogP contribution is 2.31. The van der Waals surface area contributed by atoms with Gasteiger partial charge in [0.05, 0.1) is 13.2 Å². The molecule has 2 rings (SSSR count). The van der Waals surface area contributed by atoms with Crippen molar-refractivity contribution in [2.24, 2.45) is 5.73 Å². The van der Waals surface area contributed by atoms with Gasteiger partial charge in [0.1, 0.15) is 0 Å². The van der Waals surface area contributed by atoms with Gasteiger partial charge in [-0.05, 0) is 27.4 Å². The van der Waals surface area contributed by atoms with Gasteiger partial charge in [-0.3, -0.25) is 0 Å². The quantitative estimate of drug-likeness (QED) is 0.922. The van der Waals surface area contributed by atoms with Crippen LogP contribution in [0.2, 0.25) is 0 Å². The maximum Gasteiger partial charge on any atom is 0.159 e. The fourth-order valence-corrected chi connectivity index (χ4v) is 3.11. The predicted molar refractivity (Wildman–Crippen MR) is 59.3 cm³/mol. The highest BCUT2D eigenvalue weighted by atomic mass is 79.9. The lowest BCUT2D eigenvalue weighted by atomic mass is 10.2. The van der Waals surface area contributed by atoms with Gasteiger partial charge in [-0.15, -0.1) is 11.3 Å². The van der Waals surface area contributed by atoms with Crippen LogP contribution >= 0.6 is 27.3 Å². The van der Waals surface area contributed by atoms with Gasteiger partial charge in [0.2, 0.25) is 0 Å². The predicted octanol–water partition coefficient (Wildman–Crippen LogP) is 2.27. The van der Waals surface area contributed by atoms with Crippen molar-refractivity contribution in [3.05, 3.63) is 20.8 Å². The smallest absolute Gasteiger partial charge is 0.159 e. The SMILES string of the molecule is NC(CC1OCCO1)c1sccc1Br. The molecule has 0 aromatic carbocycles. The fraction of sp³-hybridized carbons (Fsp3) is 0.556. The zero-order valence-electron chi connectivity index (χ0n) is 7.61. The average molecular weight is 278 g/mol. The van der Waals surface area contributed by atoms with E-state index in [9.17, 15) is 0 Å². The Morgan fingerprint density at radius 2 is 2.29 bits per heavy atom. The molecule has 1 aliphatic rings. The standard InChI is InChI=1S/C9H12BrNO2S/c10-6-1-4-14-9(6)7(11)5-8-12-2-3-13-8/h1,4,7-8H,2-3,5,11H2. The zero-order valence-corrected chi connectivity index (χ0v) is 10.0. The van der Waals surface area contributed by atoms with Crippen molar-refractivity contribution >= 4 is 27.3 Å². The molecule has 1 aliphatic heterocycles. The highest BCUT2D eigenvalue weighted by Gasteiger charge is 2.21. The van der Waals surface area contributed by atoms with Crippen molar-refractivity contribution in [2.75, 3.05) is 13.2 Å². The molecule has 3 nitrogen and oxygen atoms in total. The van der Waals surface area contributed by atoms with Crippen LogP contribution in [-0.2, 0) is 9.47 Å². The summed E-state index contributed by atoms with van der Waals surface area (Å²) in [5.41, 5.74) is 6.04. The first kappa shape index (κ1) is 10.6. The Labute approximate surface area is 95.3 Å². The second kappa shape index (κ2) is 4.72. The minimum Gasteiger partial charge on any atom is -0.350 e. The Morgan fingerprint density at radius 3 is 2.86 bits per heavy atom. The number of ether oxygens (including phenoxy) is 2. The molecule has 1 saturated heterocycles. The van der Waals surface area contributed by atoms with Crippen LogP contribution in [-0.4, -0.2) is 19.5 Å². The Balaban J connectivity index is 1.95. The molecule has 1 atom stereocenters. The zero-order chi connectivity index (χ0) is 9.97. The molecule has 0 amide bonds. The highest BCUT2D eigenvalue weighted by molar-refractivity contribution is 9.10. The first-order valence-corrected chi connectivity index (χ1v) is 6.16. The first-order chi connectivity index (χ1) is 6.77. The average Bonchev–Trinajstić information content (AvgIpc) is 2.75. The van der Waals surface area contributed by atoms with E-state index >= 15 is 0 Å². The summed E-state index contributed by atoms with van der Waals surface area (Å²) in [5, 5.41) is 2.02. The van der Waals surface area contributed by atoms with Gasteiger partial charge < -0.3 is 15.2 Å². The van der Waals surface area contributed by atoms with Crippen LogP contribution in [0.4, 0.5) is 0 Å². The third kappa shape index (κ3) is 2.35. The summed E-state index contributed by atoms with van der Waals surface area (Å²) >= 11 is 5.12. The minimum atomic E-state index is -0.126. The molecule has 1 unspecified atom stereocenters. The molecular formula is C9H12BrNO2S. The number of hydrogen-bond acceptors (Lipinski definition) is 4. The van der Waals surface area contributed by atoms with Gasteiger partial charge in [0.25, 0.3) is 0 Å². The normalized spacial score (nSPS) is 20.1. The summed E-state index contributed by atoms with van der Waals surface area (Å²) in [6.07, 6.45) is 0.595. The largest absolute Gasteiger partial charge is 0.350 e. The van der Waals surface area contributed by atoms with Crippen LogP contribution in [0.1, 0.15) is 17.3 Å². The van der Waals surface area contributed by atoms with Crippen molar-refractivity contribution in [2.45, 2.75) is 18.8 Å². The number of halogens is 1. The van der Waals surface area contributed by atoms with Crippen LogP contribution in [0.15, 0.2) is 15.9 Å². The molecule has 14 heavy (non-hydrogen) atoms. The summed E-state index contributed by atoms with van der Waals surface area (Å²) in [6.45, 7) is 1.37. The van der Waals surface area contributed by atoms with Crippen LogP contribution in [0.5, 0.6) is 0 Å². The van der Waals surface area contributed by atoms with Gasteiger partial charge in [-0.25, -0.2) is 0 Å². The molecule has 0 aliphatic carbocycles. The van der Waals surface area contributed by atoms with E-state index in [0.29, 0.717) is 13.2 Å². The van der Waals surface area contributed by atoms with E-state index in [1.165, 1.54) is 0 Å². The minimum absolute atomic E-state index is 0.00697. The van der Waals surface area contributed by atoms with E-state index in [1.807, 2.05) is 11.4 Å². The van der Waals surface area contributed by atoms with Crippen LogP contribution in [0.25, 0.3) is 0 Å². The van der Waals surface area contributed by atoms with Crippen LogP contribution in [0, 0.1) is 0 Å². The molecule has 0 bridgehead atoms.